The van der Waals surface area contributed by atoms with Crippen LogP contribution >= 0.6 is 42.1 Å². The number of hydrogen-bond donors (Lipinski definition) is 0. The van der Waals surface area contributed by atoms with E-state index in [-0.39, 0.29) is 21.7 Å². The molecule has 0 saturated carbocycles. The summed E-state index contributed by atoms with van der Waals surface area (Å²) in [4.78, 5) is 0. The molecule has 0 nitrogen and oxygen atoms in total. The van der Waals surface area contributed by atoms with Crippen LogP contribution in [0.25, 0.3) is 0 Å². The third-order valence-electron chi connectivity index (χ3n) is 3.81. The van der Waals surface area contributed by atoms with Gasteiger partial charge in [0.25, 0.3) is 0 Å². The number of benzene rings is 3. The Labute approximate surface area is 173 Å². The van der Waals surface area contributed by atoms with Crippen LogP contribution in [0.1, 0.15) is 0 Å². The molecule has 3 rings (SSSR count). The molecule has 0 saturated heterocycles. The predicted octanol–water partition coefficient (Wildman–Crippen LogP) is 5.31. The van der Waals surface area contributed by atoms with Gasteiger partial charge in [-0.1, -0.05) is 54.6 Å². The normalized spacial score (nSPS) is 11.6. The van der Waals surface area contributed by atoms with Crippen LogP contribution in [0.3, 0.4) is 0 Å². The maximum atomic E-state index is 6.64. The standard InChI is InChI=1S/C19H15Cl3P.Ti/c20-19(21,22)23(16-10-4-1-5-11-16,17-12-6-2-7-13-17)18-14-8-3-9-15-18;/h1-15H;/q+1;. The third kappa shape index (κ3) is 3.61. The second-order valence-corrected chi connectivity index (χ2v) is 11.8. The van der Waals surface area contributed by atoms with Gasteiger partial charge in [-0.25, -0.2) is 0 Å². The molecule has 0 N–H and O–H groups in total. The SMILES string of the molecule is ClC(Cl)(Cl)[P+](c1ccccc1)(c1ccccc1)c1ccccc1.[Ti]. The van der Waals surface area contributed by atoms with Gasteiger partial charge in [0, 0.05) is 21.7 Å². The molecule has 0 heterocycles. The minimum Gasteiger partial charge on any atom is -0.0620 e. The monoisotopic (exact) mass is 427 g/mol. The first-order valence-electron chi connectivity index (χ1n) is 7.19. The summed E-state index contributed by atoms with van der Waals surface area (Å²) >= 11 is 19.9. The van der Waals surface area contributed by atoms with Crippen molar-refractivity contribution in [3.8, 4) is 0 Å². The second kappa shape index (κ2) is 8.37. The molecule has 0 aromatic heterocycles. The molecule has 120 valence electrons. The summed E-state index contributed by atoms with van der Waals surface area (Å²) in [6.07, 6.45) is 0. The van der Waals surface area contributed by atoms with E-state index in [1.807, 2.05) is 54.6 Å². The molecular weight excluding hydrogens is 413 g/mol. The van der Waals surface area contributed by atoms with Crippen LogP contribution in [-0.2, 0) is 21.7 Å². The molecule has 24 heavy (non-hydrogen) atoms. The summed E-state index contributed by atoms with van der Waals surface area (Å²) in [6.45, 7) is 0. The Bertz CT molecular complexity index is 662. The van der Waals surface area contributed by atoms with Crippen LogP contribution < -0.4 is 15.9 Å². The molecule has 5 heteroatoms. The van der Waals surface area contributed by atoms with E-state index in [4.69, 9.17) is 34.8 Å². The van der Waals surface area contributed by atoms with Gasteiger partial charge in [0.1, 0.15) is 15.9 Å². The molecule has 0 aliphatic rings. The molecule has 0 unspecified atom stereocenters. The van der Waals surface area contributed by atoms with Crippen molar-refractivity contribution in [1.29, 1.82) is 0 Å². The van der Waals surface area contributed by atoms with Gasteiger partial charge in [-0.2, -0.15) is 0 Å². The van der Waals surface area contributed by atoms with Crippen LogP contribution in [0.4, 0.5) is 0 Å². The quantitative estimate of drug-likeness (QED) is 0.302. The van der Waals surface area contributed by atoms with Gasteiger partial charge in [0.15, 0.2) is 7.26 Å². The van der Waals surface area contributed by atoms with E-state index in [1.54, 1.807) is 0 Å². The van der Waals surface area contributed by atoms with Crippen LogP contribution in [0.15, 0.2) is 91.0 Å². The van der Waals surface area contributed by atoms with Crippen LogP contribution in [0.5, 0.6) is 0 Å². The third-order valence-corrected chi connectivity index (χ3v) is 10.1. The van der Waals surface area contributed by atoms with E-state index in [9.17, 15) is 0 Å². The van der Waals surface area contributed by atoms with Crippen molar-refractivity contribution in [2.24, 2.45) is 0 Å². The number of hydrogen-bond acceptors (Lipinski definition) is 0. The Balaban J connectivity index is 0.00000208. The predicted molar refractivity (Wildman–Crippen MR) is 105 cm³/mol. The Morgan fingerprint density at radius 2 is 0.750 bits per heavy atom. The fraction of sp³-hybridized carbons (Fsp3) is 0.0526. The summed E-state index contributed by atoms with van der Waals surface area (Å²) in [5.74, 6) is 0. The van der Waals surface area contributed by atoms with E-state index in [1.165, 1.54) is 0 Å². The van der Waals surface area contributed by atoms with E-state index < -0.39 is 10.8 Å². The van der Waals surface area contributed by atoms with Crippen LogP contribution in [-0.4, -0.2) is 3.53 Å². The Morgan fingerprint density at radius 3 is 0.958 bits per heavy atom. The van der Waals surface area contributed by atoms with Gasteiger partial charge in [-0.15, -0.1) is 0 Å². The minimum atomic E-state index is -2.44. The Morgan fingerprint density at radius 1 is 0.500 bits per heavy atom. The number of alkyl halides is 3. The van der Waals surface area contributed by atoms with E-state index >= 15 is 0 Å². The topological polar surface area (TPSA) is 0 Å². The van der Waals surface area contributed by atoms with Gasteiger partial charge < -0.3 is 0 Å². The first kappa shape index (κ1) is 20.0. The minimum absolute atomic E-state index is 0. The average molecular weight is 429 g/mol. The van der Waals surface area contributed by atoms with Crippen molar-refractivity contribution in [2.75, 3.05) is 0 Å². The second-order valence-electron chi connectivity index (χ2n) is 5.15. The smallest absolute Gasteiger partial charge is 0.0620 e. The summed E-state index contributed by atoms with van der Waals surface area (Å²) in [5.41, 5.74) is 0. The van der Waals surface area contributed by atoms with Crippen molar-refractivity contribution < 1.29 is 21.7 Å². The zero-order valence-electron chi connectivity index (χ0n) is 12.7. The molecule has 0 atom stereocenters. The number of halogens is 3. The fourth-order valence-corrected chi connectivity index (χ4v) is 9.11. The molecule has 0 aliphatic carbocycles. The van der Waals surface area contributed by atoms with Gasteiger partial charge >= 0.3 is 3.53 Å². The van der Waals surface area contributed by atoms with Gasteiger partial charge in [0.2, 0.25) is 0 Å². The summed E-state index contributed by atoms with van der Waals surface area (Å²) < 4.78 is -1.45. The van der Waals surface area contributed by atoms with E-state index in [2.05, 4.69) is 36.4 Å². The molecular formula is C19H15Cl3PTi+. The molecule has 3 aromatic rings. The average Bonchev–Trinajstić information content (AvgIpc) is 2.57. The largest absolute Gasteiger partial charge is 0.313 e. The molecule has 0 bridgehead atoms. The first-order valence-corrected chi connectivity index (χ1v) is 10.1. The maximum Gasteiger partial charge on any atom is 0.313 e. The maximum absolute atomic E-state index is 6.64. The zero-order valence-corrected chi connectivity index (χ0v) is 17.5. The van der Waals surface area contributed by atoms with Crippen molar-refractivity contribution in [3.63, 3.8) is 0 Å². The van der Waals surface area contributed by atoms with Crippen LogP contribution in [0, 0.1) is 0 Å². The van der Waals surface area contributed by atoms with Crippen molar-refractivity contribution in [1.82, 2.24) is 0 Å². The molecule has 3 aromatic carbocycles. The Kier molecular flexibility index (Phi) is 6.97. The van der Waals surface area contributed by atoms with E-state index in [0.717, 1.165) is 15.9 Å². The molecule has 0 radical (unpaired) electrons. The molecule has 0 aliphatic heterocycles. The van der Waals surface area contributed by atoms with Gasteiger partial charge in [-0.05, 0) is 71.2 Å². The summed E-state index contributed by atoms with van der Waals surface area (Å²) in [6, 6.07) is 30.2. The Hall–Kier alpha value is -0.326. The fourth-order valence-electron chi connectivity index (χ4n) is 2.84. The van der Waals surface area contributed by atoms with Crippen LogP contribution in [0.2, 0.25) is 0 Å². The van der Waals surface area contributed by atoms with Crippen molar-refractivity contribution in [3.05, 3.63) is 91.0 Å². The van der Waals surface area contributed by atoms with Gasteiger partial charge in [0.05, 0.1) is 0 Å². The number of rotatable bonds is 3. The van der Waals surface area contributed by atoms with Gasteiger partial charge in [-0.3, -0.25) is 0 Å². The molecule has 0 amide bonds. The van der Waals surface area contributed by atoms with Crippen molar-refractivity contribution in [2.45, 2.75) is 3.53 Å². The van der Waals surface area contributed by atoms with Crippen molar-refractivity contribution >= 4 is 58.0 Å². The zero-order chi connectivity index (χ0) is 16.3. The molecule has 0 spiro atoms. The van der Waals surface area contributed by atoms with E-state index in [0.29, 0.717) is 0 Å². The first-order chi connectivity index (χ1) is 11.1. The molecule has 0 fully saturated rings. The summed E-state index contributed by atoms with van der Waals surface area (Å²) in [7, 11) is -2.44. The summed E-state index contributed by atoms with van der Waals surface area (Å²) in [5, 5.41) is 3.16.